The highest BCUT2D eigenvalue weighted by Crippen LogP contribution is 2.17. The summed E-state index contributed by atoms with van der Waals surface area (Å²) in [7, 11) is -3.01. The van der Waals surface area contributed by atoms with Gasteiger partial charge in [-0.05, 0) is 32.4 Å². The smallest absolute Gasteiger partial charge is 0.184 e. The largest absolute Gasteiger partial charge is 0.317 e. The van der Waals surface area contributed by atoms with Crippen LogP contribution < -0.4 is 5.32 Å². The van der Waals surface area contributed by atoms with Crippen LogP contribution in [0.5, 0.6) is 0 Å². The van der Waals surface area contributed by atoms with Gasteiger partial charge < -0.3 is 5.32 Å². The van der Waals surface area contributed by atoms with Crippen LogP contribution in [0, 0.1) is 0 Å². The summed E-state index contributed by atoms with van der Waals surface area (Å²) in [5, 5.41) is 11.2. The van der Waals surface area contributed by atoms with Crippen molar-refractivity contribution >= 4 is 15.6 Å². The molecular weight excluding hydrogens is 292 g/mol. The summed E-state index contributed by atoms with van der Waals surface area (Å²) in [5.41, 5.74) is 0.336. The Kier molecular flexibility index (Phi) is 5.46. The van der Waals surface area contributed by atoms with E-state index >= 15 is 0 Å². The zero-order chi connectivity index (χ0) is 15.3. The molecule has 1 fully saturated rings. The molecule has 0 aliphatic carbocycles. The first kappa shape index (κ1) is 16.1. The summed E-state index contributed by atoms with van der Waals surface area (Å²) in [4.78, 5) is 12.0. The lowest BCUT2D eigenvalue weighted by atomic mass is 10.1. The van der Waals surface area contributed by atoms with E-state index in [0.717, 1.165) is 25.9 Å². The van der Waals surface area contributed by atoms with Crippen molar-refractivity contribution in [1.29, 1.82) is 0 Å². The second-order valence-corrected chi connectivity index (χ2v) is 7.80. The molecule has 1 N–H and O–H groups in total. The molecule has 0 unspecified atom stereocenters. The molecule has 21 heavy (non-hydrogen) atoms. The Hall–Kier alpha value is -1.28. The third kappa shape index (κ3) is 4.60. The minimum Gasteiger partial charge on any atom is -0.317 e. The molecular formula is C13H22N4O3S. The van der Waals surface area contributed by atoms with Gasteiger partial charge in [-0.1, -0.05) is 12.1 Å². The molecule has 0 amide bonds. The number of rotatable bonds is 7. The highest BCUT2D eigenvalue weighted by atomic mass is 32.2. The van der Waals surface area contributed by atoms with Gasteiger partial charge in [-0.3, -0.25) is 4.79 Å². The normalized spacial score (nSPS) is 17.0. The van der Waals surface area contributed by atoms with Gasteiger partial charge in [0.2, 0.25) is 0 Å². The summed E-state index contributed by atoms with van der Waals surface area (Å²) in [6.07, 6.45) is 4.18. The second kappa shape index (κ2) is 7.13. The Morgan fingerprint density at radius 3 is 2.81 bits per heavy atom. The zero-order valence-electron chi connectivity index (χ0n) is 12.3. The highest BCUT2D eigenvalue weighted by molar-refractivity contribution is 7.91. The van der Waals surface area contributed by atoms with Gasteiger partial charge >= 0.3 is 0 Å². The third-order valence-electron chi connectivity index (χ3n) is 3.78. The van der Waals surface area contributed by atoms with E-state index in [0.29, 0.717) is 18.2 Å². The summed E-state index contributed by atoms with van der Waals surface area (Å²) >= 11 is 0. The maximum Gasteiger partial charge on any atom is 0.184 e. The van der Waals surface area contributed by atoms with E-state index in [4.69, 9.17) is 0 Å². The van der Waals surface area contributed by atoms with Crippen LogP contribution in [0.4, 0.5) is 0 Å². The van der Waals surface area contributed by atoms with Crippen LogP contribution in [-0.4, -0.2) is 53.8 Å². The van der Waals surface area contributed by atoms with Crippen LogP contribution in [0.25, 0.3) is 0 Å². The number of hydrogen-bond donors (Lipinski definition) is 1. The summed E-state index contributed by atoms with van der Waals surface area (Å²) < 4.78 is 24.5. The molecule has 1 aliphatic heterocycles. The molecule has 2 heterocycles. The number of hydrogen-bond acceptors (Lipinski definition) is 6. The third-order valence-corrected chi connectivity index (χ3v) is 5.57. The number of Topliss-reactive ketones (excluding diaryl/α,β-unsaturated/α-hetero) is 1. The van der Waals surface area contributed by atoms with Crippen molar-refractivity contribution in [2.24, 2.45) is 0 Å². The molecule has 7 nitrogen and oxygen atoms in total. The van der Waals surface area contributed by atoms with Crippen molar-refractivity contribution in [1.82, 2.24) is 20.3 Å². The fourth-order valence-corrected chi connectivity index (χ4v) is 3.25. The van der Waals surface area contributed by atoms with Gasteiger partial charge in [0.05, 0.1) is 18.0 Å². The number of sulfone groups is 1. The molecule has 2 rings (SSSR count). The minimum absolute atomic E-state index is 0.0532. The van der Waals surface area contributed by atoms with Crippen LogP contribution in [0.1, 0.15) is 49.1 Å². The van der Waals surface area contributed by atoms with Gasteiger partial charge in [0, 0.05) is 12.2 Å². The number of aromatic nitrogens is 3. The van der Waals surface area contributed by atoms with E-state index in [1.165, 1.54) is 0 Å². The molecule has 0 aromatic carbocycles. The Bertz CT molecular complexity index is 576. The van der Waals surface area contributed by atoms with Gasteiger partial charge in [0.1, 0.15) is 15.5 Å². The Balaban J connectivity index is 1.87. The predicted molar refractivity (Wildman–Crippen MR) is 79.1 cm³/mol. The minimum atomic E-state index is -3.01. The Morgan fingerprint density at radius 2 is 2.14 bits per heavy atom. The number of carbonyl (C=O) groups excluding carboxylic acids is 1. The van der Waals surface area contributed by atoms with E-state index in [-0.39, 0.29) is 23.7 Å². The average Bonchev–Trinajstić information content (AvgIpc) is 2.98. The molecule has 1 aromatic rings. The molecule has 0 atom stereocenters. The van der Waals surface area contributed by atoms with E-state index < -0.39 is 9.84 Å². The number of nitrogens with zero attached hydrogens (tertiary/aromatic N) is 3. The molecule has 118 valence electrons. The number of carbonyl (C=O) groups is 1. The Labute approximate surface area is 125 Å². The fraction of sp³-hybridized carbons (Fsp3) is 0.769. The second-order valence-electron chi connectivity index (χ2n) is 5.33. The summed E-state index contributed by atoms with van der Waals surface area (Å²) in [6.45, 7) is 3.51. The van der Waals surface area contributed by atoms with Gasteiger partial charge in [0.25, 0.3) is 0 Å². The Morgan fingerprint density at radius 1 is 1.43 bits per heavy atom. The van der Waals surface area contributed by atoms with E-state index in [1.807, 2.05) is 0 Å². The number of piperidine rings is 1. The van der Waals surface area contributed by atoms with Crippen LogP contribution in [-0.2, 0) is 9.84 Å². The molecule has 0 bridgehead atoms. The molecule has 0 radical (unpaired) electrons. The molecule has 0 saturated carbocycles. The van der Waals surface area contributed by atoms with Crippen molar-refractivity contribution in [3.63, 3.8) is 0 Å². The van der Waals surface area contributed by atoms with Crippen LogP contribution in [0.3, 0.4) is 0 Å². The van der Waals surface area contributed by atoms with Crippen LogP contribution in [0.2, 0.25) is 0 Å². The van der Waals surface area contributed by atoms with Crippen molar-refractivity contribution in [3.05, 3.63) is 11.9 Å². The lowest BCUT2D eigenvalue weighted by Gasteiger charge is -2.22. The molecule has 8 heteroatoms. The zero-order valence-corrected chi connectivity index (χ0v) is 13.1. The van der Waals surface area contributed by atoms with Gasteiger partial charge in [-0.25, -0.2) is 13.1 Å². The summed E-state index contributed by atoms with van der Waals surface area (Å²) in [6, 6.07) is 0.292. The standard InChI is InChI=1S/C13H22N4O3S/c1-2-21(19,20)9-3-4-13(18)12-10-17(16-15-12)11-5-7-14-8-6-11/h10-11,14H,2-9H2,1H3. The van der Waals surface area contributed by atoms with E-state index in [2.05, 4.69) is 15.6 Å². The number of nitrogens with one attached hydrogen (secondary N) is 1. The van der Waals surface area contributed by atoms with Gasteiger partial charge in [0.15, 0.2) is 5.78 Å². The van der Waals surface area contributed by atoms with Crippen molar-refractivity contribution < 1.29 is 13.2 Å². The first-order chi connectivity index (χ1) is 10.0. The van der Waals surface area contributed by atoms with Gasteiger partial charge in [-0.2, -0.15) is 0 Å². The number of ketones is 1. The maximum atomic E-state index is 12.0. The molecule has 0 spiro atoms. The average molecular weight is 314 g/mol. The van der Waals surface area contributed by atoms with Crippen molar-refractivity contribution in [3.8, 4) is 0 Å². The first-order valence-corrected chi connectivity index (χ1v) is 9.20. The first-order valence-electron chi connectivity index (χ1n) is 7.38. The molecule has 1 aromatic heterocycles. The highest BCUT2D eigenvalue weighted by Gasteiger charge is 2.19. The predicted octanol–water partition coefficient (Wildman–Crippen LogP) is 0.600. The lowest BCUT2D eigenvalue weighted by molar-refractivity contribution is 0.0977. The molecule has 1 aliphatic rings. The van der Waals surface area contributed by atoms with E-state index in [1.54, 1.807) is 17.8 Å². The SMILES string of the molecule is CCS(=O)(=O)CCCC(=O)c1cn(C2CCNCC2)nn1. The van der Waals surface area contributed by atoms with Crippen LogP contribution >= 0.6 is 0 Å². The van der Waals surface area contributed by atoms with Crippen molar-refractivity contribution in [2.45, 2.75) is 38.6 Å². The fourth-order valence-electron chi connectivity index (χ4n) is 2.38. The lowest BCUT2D eigenvalue weighted by Crippen LogP contribution is -2.29. The van der Waals surface area contributed by atoms with Crippen molar-refractivity contribution in [2.75, 3.05) is 24.6 Å². The summed E-state index contributed by atoms with van der Waals surface area (Å²) in [5.74, 6) is 0.0339. The maximum absolute atomic E-state index is 12.0. The quantitative estimate of drug-likeness (QED) is 0.741. The topological polar surface area (TPSA) is 94.0 Å². The van der Waals surface area contributed by atoms with Crippen LogP contribution in [0.15, 0.2) is 6.20 Å². The van der Waals surface area contributed by atoms with Gasteiger partial charge in [-0.15, -0.1) is 5.10 Å². The molecule has 1 saturated heterocycles. The van der Waals surface area contributed by atoms with E-state index in [9.17, 15) is 13.2 Å². The monoisotopic (exact) mass is 314 g/mol.